The summed E-state index contributed by atoms with van der Waals surface area (Å²) in [5.41, 5.74) is 8.86. The van der Waals surface area contributed by atoms with Crippen LogP contribution in [0.1, 0.15) is 60.3 Å². The smallest absolute Gasteiger partial charge is 0.270 e. The van der Waals surface area contributed by atoms with Gasteiger partial charge in [0.1, 0.15) is 17.4 Å². The normalized spacial score (nSPS) is 15.7. The Morgan fingerprint density at radius 1 is 1.37 bits per heavy atom. The lowest BCUT2D eigenvalue weighted by Gasteiger charge is -2.23. The van der Waals surface area contributed by atoms with E-state index in [0.29, 0.717) is 53.0 Å². The molecule has 188 valence electrons. The average molecular weight is 500 g/mol. The van der Waals surface area contributed by atoms with Gasteiger partial charge in [0.25, 0.3) is 5.91 Å². The molecule has 2 aromatic rings. The SMILES string of the molecule is C=CC(=O)N1CC[C@@H](NC(=O)c2c(C)nc(CNC(=N)c3cc(C(C)(C)C)c(Cl)cc3N)n2C)C1. The van der Waals surface area contributed by atoms with Gasteiger partial charge in [-0.25, -0.2) is 4.98 Å². The predicted octanol–water partition coefficient (Wildman–Crippen LogP) is 2.89. The summed E-state index contributed by atoms with van der Waals surface area (Å²) in [6, 6.07) is 3.39. The lowest BCUT2D eigenvalue weighted by Crippen LogP contribution is -2.39. The second kappa shape index (κ2) is 10.1. The Labute approximate surface area is 211 Å². The molecule has 0 bridgehead atoms. The van der Waals surface area contributed by atoms with Gasteiger partial charge in [-0.2, -0.15) is 0 Å². The molecule has 0 saturated carbocycles. The monoisotopic (exact) mass is 499 g/mol. The third kappa shape index (κ3) is 5.67. The van der Waals surface area contributed by atoms with Crippen LogP contribution < -0.4 is 16.4 Å². The van der Waals surface area contributed by atoms with Crippen molar-refractivity contribution < 1.29 is 9.59 Å². The second-order valence-electron chi connectivity index (χ2n) is 9.87. The maximum absolute atomic E-state index is 13.0. The molecule has 1 fully saturated rings. The van der Waals surface area contributed by atoms with Crippen molar-refractivity contribution in [3.05, 3.63) is 58.1 Å². The topological polar surface area (TPSA) is 129 Å². The van der Waals surface area contributed by atoms with Gasteiger partial charge in [0.15, 0.2) is 0 Å². The van der Waals surface area contributed by atoms with Crippen LogP contribution in [-0.2, 0) is 23.8 Å². The number of nitrogen functional groups attached to an aromatic ring is 1. The minimum Gasteiger partial charge on any atom is -0.398 e. The zero-order chi connectivity index (χ0) is 26.1. The number of nitrogens with zero attached hydrogens (tertiary/aromatic N) is 3. The molecule has 5 N–H and O–H groups in total. The first-order valence-electron chi connectivity index (χ1n) is 11.5. The fraction of sp³-hybridized carbons (Fsp3) is 0.440. The maximum Gasteiger partial charge on any atom is 0.270 e. The lowest BCUT2D eigenvalue weighted by atomic mass is 9.85. The summed E-state index contributed by atoms with van der Waals surface area (Å²) >= 11 is 6.38. The highest BCUT2D eigenvalue weighted by molar-refractivity contribution is 6.32. The summed E-state index contributed by atoms with van der Waals surface area (Å²) in [6.45, 7) is 12.7. The van der Waals surface area contributed by atoms with Gasteiger partial charge in [0, 0.05) is 42.5 Å². The molecule has 1 aromatic heterocycles. The van der Waals surface area contributed by atoms with Crippen LogP contribution in [0.15, 0.2) is 24.8 Å². The molecule has 0 radical (unpaired) electrons. The molecule has 2 heterocycles. The summed E-state index contributed by atoms with van der Waals surface area (Å²) in [5, 5.41) is 15.2. The van der Waals surface area contributed by atoms with E-state index in [1.165, 1.54) is 6.08 Å². The first-order chi connectivity index (χ1) is 16.3. The molecule has 1 saturated heterocycles. The maximum atomic E-state index is 13.0. The standard InChI is InChI=1S/C25H34ClN7O2/c1-7-21(34)33-9-8-15(13-33)31-24(35)22-14(2)30-20(32(22)6)12-29-23(28)16-10-17(25(3,4)5)18(26)11-19(16)27/h7,10-11,15H,1,8-9,12-13,27H2,2-6H3,(H2,28,29)(H,31,35)/t15-/m1/s1. The minimum atomic E-state index is -0.242. The van der Waals surface area contributed by atoms with Crippen LogP contribution in [0.25, 0.3) is 0 Å². The summed E-state index contributed by atoms with van der Waals surface area (Å²) < 4.78 is 1.72. The number of nitrogens with one attached hydrogen (secondary N) is 3. The zero-order valence-electron chi connectivity index (χ0n) is 21.0. The molecule has 10 heteroatoms. The Kier molecular flexibility index (Phi) is 7.59. The summed E-state index contributed by atoms with van der Waals surface area (Å²) in [5.74, 6) is 0.379. The summed E-state index contributed by atoms with van der Waals surface area (Å²) in [4.78, 5) is 31.0. The Balaban J connectivity index is 1.70. The second-order valence-corrected chi connectivity index (χ2v) is 10.3. The molecule has 2 amide bonds. The number of hydrogen-bond acceptors (Lipinski definition) is 5. The fourth-order valence-electron chi connectivity index (χ4n) is 4.27. The van der Waals surface area contributed by atoms with E-state index >= 15 is 0 Å². The van der Waals surface area contributed by atoms with E-state index in [0.717, 1.165) is 5.56 Å². The summed E-state index contributed by atoms with van der Waals surface area (Å²) in [6.07, 6.45) is 1.97. The van der Waals surface area contributed by atoms with E-state index in [-0.39, 0.29) is 35.7 Å². The third-order valence-corrected chi connectivity index (χ3v) is 6.54. The van der Waals surface area contributed by atoms with Gasteiger partial charge in [-0.3, -0.25) is 15.0 Å². The van der Waals surface area contributed by atoms with Crippen molar-refractivity contribution >= 4 is 34.9 Å². The zero-order valence-corrected chi connectivity index (χ0v) is 21.7. The highest BCUT2D eigenvalue weighted by Crippen LogP contribution is 2.33. The molecule has 1 aromatic carbocycles. The van der Waals surface area contributed by atoms with Crippen molar-refractivity contribution in [2.75, 3.05) is 18.8 Å². The van der Waals surface area contributed by atoms with E-state index in [4.69, 9.17) is 22.7 Å². The van der Waals surface area contributed by atoms with E-state index in [1.807, 2.05) is 6.07 Å². The number of amidine groups is 1. The number of anilines is 1. The summed E-state index contributed by atoms with van der Waals surface area (Å²) in [7, 11) is 1.77. The van der Waals surface area contributed by atoms with Crippen molar-refractivity contribution in [2.45, 2.75) is 52.1 Å². The highest BCUT2D eigenvalue weighted by Gasteiger charge is 2.28. The number of aromatic nitrogens is 2. The van der Waals surface area contributed by atoms with Crippen LogP contribution in [0.4, 0.5) is 5.69 Å². The molecular weight excluding hydrogens is 466 g/mol. The van der Waals surface area contributed by atoms with Gasteiger partial charge in [0.05, 0.1) is 12.2 Å². The fourth-order valence-corrected chi connectivity index (χ4v) is 4.73. The number of nitrogens with two attached hydrogens (primary N) is 1. The molecule has 3 rings (SSSR count). The number of halogens is 1. The molecule has 0 aliphatic carbocycles. The molecule has 1 atom stereocenters. The Morgan fingerprint density at radius 2 is 2.06 bits per heavy atom. The van der Waals surface area contributed by atoms with Crippen molar-refractivity contribution in [1.29, 1.82) is 5.41 Å². The van der Waals surface area contributed by atoms with Crippen molar-refractivity contribution in [2.24, 2.45) is 7.05 Å². The molecule has 1 aliphatic rings. The number of benzene rings is 1. The number of carbonyl (C=O) groups is 2. The third-order valence-electron chi connectivity index (χ3n) is 6.23. The lowest BCUT2D eigenvalue weighted by molar-refractivity contribution is -0.125. The van der Waals surface area contributed by atoms with Gasteiger partial charge in [-0.15, -0.1) is 0 Å². The van der Waals surface area contributed by atoms with Crippen LogP contribution in [0.5, 0.6) is 0 Å². The first-order valence-corrected chi connectivity index (χ1v) is 11.9. The van der Waals surface area contributed by atoms with Crippen molar-refractivity contribution in [3.63, 3.8) is 0 Å². The van der Waals surface area contributed by atoms with Gasteiger partial charge >= 0.3 is 0 Å². The predicted molar refractivity (Wildman–Crippen MR) is 139 cm³/mol. The molecule has 35 heavy (non-hydrogen) atoms. The van der Waals surface area contributed by atoms with E-state index in [2.05, 4.69) is 43.0 Å². The average Bonchev–Trinajstić information content (AvgIpc) is 3.34. The molecule has 0 spiro atoms. The molecule has 9 nitrogen and oxygen atoms in total. The number of aryl methyl sites for hydroxylation is 1. The number of amides is 2. The first kappa shape index (κ1) is 26.3. The Morgan fingerprint density at radius 3 is 2.69 bits per heavy atom. The van der Waals surface area contributed by atoms with Gasteiger partial charge in [0.2, 0.25) is 5.91 Å². The van der Waals surface area contributed by atoms with Crippen LogP contribution in [-0.4, -0.2) is 51.2 Å². The number of carbonyl (C=O) groups excluding carboxylic acids is 2. The van der Waals surface area contributed by atoms with Gasteiger partial charge < -0.3 is 25.8 Å². The van der Waals surface area contributed by atoms with Gasteiger partial charge in [-0.05, 0) is 42.5 Å². The van der Waals surface area contributed by atoms with E-state index in [9.17, 15) is 9.59 Å². The Bertz CT molecular complexity index is 1180. The van der Waals surface area contributed by atoms with Crippen LogP contribution in [0, 0.1) is 12.3 Å². The molecule has 0 unspecified atom stereocenters. The van der Waals surface area contributed by atoms with Crippen LogP contribution in [0.2, 0.25) is 5.02 Å². The van der Waals surface area contributed by atoms with E-state index in [1.54, 1.807) is 29.5 Å². The van der Waals surface area contributed by atoms with Crippen molar-refractivity contribution in [1.82, 2.24) is 25.1 Å². The number of imidazole rings is 1. The number of rotatable bonds is 6. The van der Waals surface area contributed by atoms with Crippen LogP contribution in [0.3, 0.4) is 0 Å². The largest absolute Gasteiger partial charge is 0.398 e. The quantitative estimate of drug-likeness (QED) is 0.210. The molecule has 1 aliphatic heterocycles. The number of likely N-dealkylation sites (tertiary alicyclic amines) is 1. The highest BCUT2D eigenvalue weighted by atomic mass is 35.5. The van der Waals surface area contributed by atoms with Crippen molar-refractivity contribution in [3.8, 4) is 0 Å². The van der Waals surface area contributed by atoms with Gasteiger partial charge in [-0.1, -0.05) is 39.0 Å². The Hall–Kier alpha value is -3.33. The number of hydrogen-bond donors (Lipinski definition) is 4. The minimum absolute atomic E-state index is 0.125. The van der Waals surface area contributed by atoms with E-state index < -0.39 is 0 Å². The molecular formula is C25H34ClN7O2. The van der Waals surface area contributed by atoms with Crippen LogP contribution >= 0.6 is 11.6 Å².